The average molecular weight is 390 g/mol. The summed E-state index contributed by atoms with van der Waals surface area (Å²) < 4.78 is 1.99. The van der Waals surface area contributed by atoms with Crippen molar-refractivity contribution in [3.8, 4) is 0 Å². The van der Waals surface area contributed by atoms with E-state index in [9.17, 15) is 4.79 Å². The van der Waals surface area contributed by atoms with Gasteiger partial charge in [0.25, 0.3) is 5.91 Å². The van der Waals surface area contributed by atoms with Crippen LogP contribution in [0.15, 0.2) is 36.5 Å². The predicted molar refractivity (Wildman–Crippen MR) is 113 cm³/mol. The number of likely N-dealkylation sites (tertiary alicyclic amines) is 1. The molecule has 150 valence electrons. The monoisotopic (exact) mass is 389 g/mol. The van der Waals surface area contributed by atoms with Gasteiger partial charge in [-0.15, -0.1) is 0 Å². The summed E-state index contributed by atoms with van der Waals surface area (Å²) in [5.74, 6) is 0.785. The van der Waals surface area contributed by atoms with Crippen molar-refractivity contribution < 1.29 is 4.79 Å². The van der Waals surface area contributed by atoms with E-state index in [-0.39, 0.29) is 11.8 Å². The Balaban J connectivity index is 1.46. The first-order chi connectivity index (χ1) is 14.1. The molecule has 0 spiro atoms. The first-order valence-electron chi connectivity index (χ1n) is 10.6. The fourth-order valence-corrected chi connectivity index (χ4v) is 5.04. The minimum atomic E-state index is 0.0597. The van der Waals surface area contributed by atoms with Gasteiger partial charge in [0.15, 0.2) is 5.69 Å². The Morgan fingerprint density at radius 1 is 1.28 bits per heavy atom. The number of piperidine rings is 1. The van der Waals surface area contributed by atoms with Crippen LogP contribution in [-0.2, 0) is 19.5 Å². The summed E-state index contributed by atoms with van der Waals surface area (Å²) in [6.45, 7) is 5.14. The number of carbonyl (C=O) groups excluding carboxylic acids is 1. The largest absolute Gasteiger partial charge is 0.336 e. The van der Waals surface area contributed by atoms with Crippen LogP contribution in [0.5, 0.6) is 0 Å². The number of nitrogens with zero attached hydrogens (tertiary/aromatic N) is 4. The highest BCUT2D eigenvalue weighted by Crippen LogP contribution is 2.35. The van der Waals surface area contributed by atoms with Crippen molar-refractivity contribution in [2.45, 2.75) is 45.2 Å². The lowest BCUT2D eigenvalue weighted by Crippen LogP contribution is -2.42. The minimum absolute atomic E-state index is 0.0597. The summed E-state index contributed by atoms with van der Waals surface area (Å²) in [6, 6.07) is 10.4. The number of aryl methyl sites for hydroxylation is 2. The van der Waals surface area contributed by atoms with Gasteiger partial charge in [0.1, 0.15) is 0 Å². The van der Waals surface area contributed by atoms with E-state index in [4.69, 9.17) is 5.73 Å². The molecular weight excluding hydrogens is 362 g/mol. The Hall–Kier alpha value is -2.73. The van der Waals surface area contributed by atoms with E-state index in [2.05, 4.69) is 35.2 Å². The van der Waals surface area contributed by atoms with E-state index in [1.54, 1.807) is 0 Å². The molecule has 4 heterocycles. The van der Waals surface area contributed by atoms with Crippen molar-refractivity contribution >= 4 is 16.8 Å². The number of aromatic nitrogens is 3. The highest BCUT2D eigenvalue weighted by Gasteiger charge is 2.32. The third-order valence-corrected chi connectivity index (χ3v) is 6.38. The summed E-state index contributed by atoms with van der Waals surface area (Å²) in [5, 5.41) is 5.72. The van der Waals surface area contributed by atoms with Gasteiger partial charge in [-0.25, -0.2) is 0 Å². The molecule has 2 aliphatic rings. The molecule has 2 aliphatic heterocycles. The molecule has 2 N–H and O–H groups in total. The van der Waals surface area contributed by atoms with Gasteiger partial charge >= 0.3 is 0 Å². The Labute approximate surface area is 170 Å². The molecule has 0 saturated carbocycles. The van der Waals surface area contributed by atoms with Crippen LogP contribution in [0.1, 0.15) is 53.0 Å². The van der Waals surface area contributed by atoms with Crippen LogP contribution in [0.25, 0.3) is 10.9 Å². The number of rotatable bonds is 3. The molecule has 5 rings (SSSR count). The molecule has 3 aromatic rings. The SMILES string of the molecule is C[C@@H]1C[C@H](c2ccc(CN)c3ncccc23)CN(C(=O)c2cc3n(n2)CCC3)C1. The van der Waals surface area contributed by atoms with E-state index in [0.717, 1.165) is 55.4 Å². The number of benzene rings is 1. The summed E-state index contributed by atoms with van der Waals surface area (Å²) in [6.07, 6.45) is 5.03. The Kier molecular flexibility index (Phi) is 4.59. The maximum atomic E-state index is 13.2. The summed E-state index contributed by atoms with van der Waals surface area (Å²) >= 11 is 0. The van der Waals surface area contributed by atoms with Crippen LogP contribution >= 0.6 is 0 Å². The lowest BCUT2D eigenvalue weighted by atomic mass is 9.83. The number of amides is 1. The van der Waals surface area contributed by atoms with Gasteiger partial charge in [-0.2, -0.15) is 5.10 Å². The van der Waals surface area contributed by atoms with Gasteiger partial charge in [-0.3, -0.25) is 14.5 Å². The summed E-state index contributed by atoms with van der Waals surface area (Å²) in [7, 11) is 0. The highest BCUT2D eigenvalue weighted by molar-refractivity contribution is 5.93. The Morgan fingerprint density at radius 3 is 3.00 bits per heavy atom. The van der Waals surface area contributed by atoms with Gasteiger partial charge < -0.3 is 10.6 Å². The number of pyridine rings is 1. The molecule has 0 unspecified atom stereocenters. The maximum Gasteiger partial charge on any atom is 0.274 e. The Morgan fingerprint density at radius 2 is 2.17 bits per heavy atom. The van der Waals surface area contributed by atoms with E-state index >= 15 is 0 Å². The lowest BCUT2D eigenvalue weighted by Gasteiger charge is -2.37. The van der Waals surface area contributed by atoms with Crippen molar-refractivity contribution in [3.05, 3.63) is 59.0 Å². The second kappa shape index (κ2) is 7.26. The zero-order valence-electron chi connectivity index (χ0n) is 16.8. The number of hydrogen-bond acceptors (Lipinski definition) is 4. The molecular formula is C23H27N5O. The maximum absolute atomic E-state index is 13.2. The molecule has 0 aliphatic carbocycles. The predicted octanol–water partition coefficient (Wildman–Crippen LogP) is 3.10. The van der Waals surface area contributed by atoms with Crippen LogP contribution in [0.3, 0.4) is 0 Å². The van der Waals surface area contributed by atoms with E-state index < -0.39 is 0 Å². The molecule has 2 aromatic heterocycles. The van der Waals surface area contributed by atoms with Gasteiger partial charge in [-0.05, 0) is 48.4 Å². The first-order valence-corrected chi connectivity index (χ1v) is 10.6. The molecule has 6 nitrogen and oxygen atoms in total. The van der Waals surface area contributed by atoms with Gasteiger partial charge in [0.05, 0.1) is 5.52 Å². The standard InChI is InChI=1S/C23H27N5O/c1-15-10-17(19-7-6-16(12-24)22-20(19)5-2-8-25-22)14-27(13-15)23(29)21-11-18-4-3-9-28(18)26-21/h2,5-8,11,15,17H,3-4,9-10,12-14,24H2,1H3/t15-,17+/m1/s1. The van der Waals surface area contributed by atoms with Crippen LogP contribution in [0, 0.1) is 5.92 Å². The Bertz CT molecular complexity index is 1050. The van der Waals surface area contributed by atoms with Crippen molar-refractivity contribution in [2.24, 2.45) is 11.7 Å². The molecule has 1 amide bonds. The topological polar surface area (TPSA) is 77.0 Å². The second-order valence-corrected chi connectivity index (χ2v) is 8.51. The van der Waals surface area contributed by atoms with Crippen molar-refractivity contribution in [1.29, 1.82) is 0 Å². The fraction of sp³-hybridized carbons (Fsp3) is 0.435. The van der Waals surface area contributed by atoms with Crippen LogP contribution in [0.4, 0.5) is 0 Å². The molecule has 1 saturated heterocycles. The molecule has 1 aromatic carbocycles. The number of fused-ring (bicyclic) bond motifs is 2. The molecule has 2 atom stereocenters. The zero-order chi connectivity index (χ0) is 20.0. The first kappa shape index (κ1) is 18.3. The van der Waals surface area contributed by atoms with E-state index in [1.165, 1.54) is 11.3 Å². The number of hydrogen-bond donors (Lipinski definition) is 1. The van der Waals surface area contributed by atoms with E-state index in [0.29, 0.717) is 18.2 Å². The molecule has 6 heteroatoms. The number of nitrogens with two attached hydrogens (primary N) is 1. The molecule has 1 fully saturated rings. The van der Waals surface area contributed by atoms with Gasteiger partial charge in [0.2, 0.25) is 0 Å². The third kappa shape index (κ3) is 3.21. The van der Waals surface area contributed by atoms with Crippen LogP contribution < -0.4 is 5.73 Å². The molecule has 0 radical (unpaired) electrons. The average Bonchev–Trinajstić information content (AvgIpc) is 3.34. The van der Waals surface area contributed by atoms with Crippen molar-refractivity contribution in [2.75, 3.05) is 13.1 Å². The number of carbonyl (C=O) groups is 1. The molecule has 29 heavy (non-hydrogen) atoms. The van der Waals surface area contributed by atoms with Gasteiger partial charge in [0, 0.05) is 49.4 Å². The lowest BCUT2D eigenvalue weighted by molar-refractivity contribution is 0.0652. The minimum Gasteiger partial charge on any atom is -0.336 e. The molecule has 0 bridgehead atoms. The summed E-state index contributed by atoms with van der Waals surface area (Å²) in [5.41, 5.74) is 11.0. The summed E-state index contributed by atoms with van der Waals surface area (Å²) in [4.78, 5) is 19.8. The van der Waals surface area contributed by atoms with E-state index in [1.807, 2.05) is 27.9 Å². The smallest absolute Gasteiger partial charge is 0.274 e. The zero-order valence-corrected chi connectivity index (χ0v) is 16.8. The van der Waals surface area contributed by atoms with Gasteiger partial charge in [-0.1, -0.05) is 25.1 Å². The van der Waals surface area contributed by atoms with Crippen molar-refractivity contribution in [1.82, 2.24) is 19.7 Å². The van der Waals surface area contributed by atoms with Crippen LogP contribution in [0.2, 0.25) is 0 Å². The van der Waals surface area contributed by atoms with Crippen LogP contribution in [-0.4, -0.2) is 38.7 Å². The second-order valence-electron chi connectivity index (χ2n) is 8.51. The fourth-order valence-electron chi connectivity index (χ4n) is 5.04. The highest BCUT2D eigenvalue weighted by atomic mass is 16.2. The third-order valence-electron chi connectivity index (χ3n) is 6.38. The van der Waals surface area contributed by atoms with Crippen molar-refractivity contribution in [3.63, 3.8) is 0 Å². The quantitative estimate of drug-likeness (QED) is 0.747. The normalized spacial score (nSPS) is 21.5.